The average Bonchev–Trinajstić information content (AvgIpc) is 2.72. The van der Waals surface area contributed by atoms with Gasteiger partial charge in [-0.2, -0.15) is 0 Å². The molecule has 0 aromatic carbocycles. The molecule has 0 radical (unpaired) electrons. The van der Waals surface area contributed by atoms with Gasteiger partial charge >= 0.3 is 0 Å². The maximum atomic E-state index is 10.2. The predicted octanol–water partition coefficient (Wildman–Crippen LogP) is 2.89. The molecule has 2 N–H and O–H groups in total. The molecule has 0 aromatic rings. The SMILES string of the molecule is CC(C)CNCC1(CN2CCC(C)(O)C2)CCC(C)CC1. The van der Waals surface area contributed by atoms with E-state index in [2.05, 4.69) is 31.0 Å². The standard InChI is InChI=1S/C18H36N2O/c1-15(2)11-19-12-18(7-5-16(3)6-8-18)14-20-10-9-17(4,21)13-20/h15-16,19,21H,5-14H2,1-4H3. The van der Waals surface area contributed by atoms with Crippen molar-refractivity contribution in [3.63, 3.8) is 0 Å². The van der Waals surface area contributed by atoms with Crippen molar-refractivity contribution in [2.75, 3.05) is 32.7 Å². The van der Waals surface area contributed by atoms with Crippen molar-refractivity contribution in [3.8, 4) is 0 Å². The Bertz CT molecular complexity index is 319. The van der Waals surface area contributed by atoms with Crippen LogP contribution >= 0.6 is 0 Å². The maximum absolute atomic E-state index is 10.2. The number of nitrogens with zero attached hydrogens (tertiary/aromatic N) is 1. The second kappa shape index (κ2) is 6.97. The number of hydrogen-bond acceptors (Lipinski definition) is 3. The van der Waals surface area contributed by atoms with Crippen LogP contribution in [0, 0.1) is 17.3 Å². The number of aliphatic hydroxyl groups is 1. The minimum absolute atomic E-state index is 0.432. The van der Waals surface area contributed by atoms with Crippen LogP contribution in [0.25, 0.3) is 0 Å². The normalized spacial score (nSPS) is 38.3. The quantitative estimate of drug-likeness (QED) is 0.791. The van der Waals surface area contributed by atoms with Gasteiger partial charge in [0.2, 0.25) is 0 Å². The van der Waals surface area contributed by atoms with Crippen LogP contribution in [-0.4, -0.2) is 48.3 Å². The fourth-order valence-electron chi connectivity index (χ4n) is 4.04. The summed E-state index contributed by atoms with van der Waals surface area (Å²) in [5, 5.41) is 13.9. The highest BCUT2D eigenvalue weighted by Crippen LogP contribution is 2.40. The van der Waals surface area contributed by atoms with Crippen LogP contribution in [0.15, 0.2) is 0 Å². The molecule has 0 bridgehead atoms. The van der Waals surface area contributed by atoms with Crippen molar-refractivity contribution in [2.45, 2.75) is 65.4 Å². The molecule has 1 atom stereocenters. The first kappa shape index (κ1) is 17.2. The third-order valence-electron chi connectivity index (χ3n) is 5.48. The predicted molar refractivity (Wildman–Crippen MR) is 89.5 cm³/mol. The lowest BCUT2D eigenvalue weighted by Crippen LogP contribution is -2.47. The summed E-state index contributed by atoms with van der Waals surface area (Å²) in [6.07, 6.45) is 6.36. The van der Waals surface area contributed by atoms with Crippen molar-refractivity contribution in [2.24, 2.45) is 17.3 Å². The molecular formula is C18H36N2O. The number of hydrogen-bond donors (Lipinski definition) is 2. The third-order valence-corrected chi connectivity index (χ3v) is 5.48. The van der Waals surface area contributed by atoms with Crippen LogP contribution in [-0.2, 0) is 0 Å². The van der Waals surface area contributed by atoms with Crippen molar-refractivity contribution in [3.05, 3.63) is 0 Å². The van der Waals surface area contributed by atoms with E-state index in [1.54, 1.807) is 0 Å². The molecule has 2 aliphatic rings. The molecule has 2 rings (SSSR count). The van der Waals surface area contributed by atoms with Crippen LogP contribution in [0.2, 0.25) is 0 Å². The number of β-amino-alcohol motifs (C(OH)–C–C–N with tert-alkyl or cyclic N) is 1. The summed E-state index contributed by atoms with van der Waals surface area (Å²) in [5.41, 5.74) is -0.0314. The van der Waals surface area contributed by atoms with E-state index in [4.69, 9.17) is 0 Å². The Labute approximate surface area is 131 Å². The third kappa shape index (κ3) is 5.22. The van der Waals surface area contributed by atoms with Gasteiger partial charge in [0.05, 0.1) is 5.60 Å². The largest absolute Gasteiger partial charge is 0.389 e. The zero-order chi connectivity index (χ0) is 15.5. The molecule has 0 spiro atoms. The zero-order valence-corrected chi connectivity index (χ0v) is 14.6. The van der Waals surface area contributed by atoms with Crippen LogP contribution in [0.1, 0.15) is 59.8 Å². The molecule has 1 saturated carbocycles. The van der Waals surface area contributed by atoms with Gasteiger partial charge in [0, 0.05) is 26.2 Å². The zero-order valence-electron chi connectivity index (χ0n) is 14.6. The van der Waals surface area contributed by atoms with Gasteiger partial charge in [0.15, 0.2) is 0 Å². The number of rotatable bonds is 6. The lowest BCUT2D eigenvalue weighted by molar-refractivity contribution is 0.0502. The summed E-state index contributed by atoms with van der Waals surface area (Å²) >= 11 is 0. The molecule has 1 aliphatic heterocycles. The molecule has 3 heteroatoms. The first-order chi connectivity index (χ1) is 9.80. The monoisotopic (exact) mass is 296 g/mol. The highest BCUT2D eigenvalue weighted by atomic mass is 16.3. The summed E-state index contributed by atoms with van der Waals surface area (Å²) in [6.45, 7) is 14.3. The van der Waals surface area contributed by atoms with Gasteiger partial charge in [-0.05, 0) is 50.0 Å². The minimum atomic E-state index is -0.464. The number of nitrogens with one attached hydrogen (secondary N) is 1. The molecule has 3 nitrogen and oxygen atoms in total. The summed E-state index contributed by atoms with van der Waals surface area (Å²) in [5.74, 6) is 1.61. The molecule has 124 valence electrons. The molecule has 21 heavy (non-hydrogen) atoms. The Hall–Kier alpha value is -0.120. The van der Waals surface area contributed by atoms with E-state index < -0.39 is 5.60 Å². The lowest BCUT2D eigenvalue weighted by Gasteiger charge is -2.42. The van der Waals surface area contributed by atoms with Gasteiger partial charge in [-0.1, -0.05) is 33.6 Å². The Morgan fingerprint density at radius 3 is 2.43 bits per heavy atom. The molecule has 2 fully saturated rings. The van der Waals surface area contributed by atoms with Gasteiger partial charge in [-0.15, -0.1) is 0 Å². The van der Waals surface area contributed by atoms with Gasteiger partial charge in [0.1, 0.15) is 0 Å². The topological polar surface area (TPSA) is 35.5 Å². The second-order valence-electron chi connectivity index (χ2n) is 8.66. The Morgan fingerprint density at radius 1 is 1.24 bits per heavy atom. The minimum Gasteiger partial charge on any atom is -0.389 e. The summed E-state index contributed by atoms with van der Waals surface area (Å²) in [7, 11) is 0. The second-order valence-corrected chi connectivity index (χ2v) is 8.66. The van der Waals surface area contributed by atoms with Gasteiger partial charge in [-0.25, -0.2) is 0 Å². The van der Waals surface area contributed by atoms with Gasteiger partial charge < -0.3 is 10.4 Å². The van der Waals surface area contributed by atoms with Crippen molar-refractivity contribution < 1.29 is 5.11 Å². The van der Waals surface area contributed by atoms with E-state index in [1.165, 1.54) is 32.2 Å². The van der Waals surface area contributed by atoms with Crippen LogP contribution in [0.5, 0.6) is 0 Å². The molecule has 1 aliphatic carbocycles. The van der Waals surface area contributed by atoms with Crippen LogP contribution in [0.4, 0.5) is 0 Å². The van der Waals surface area contributed by atoms with E-state index in [-0.39, 0.29) is 0 Å². The van der Waals surface area contributed by atoms with E-state index in [1.807, 2.05) is 6.92 Å². The summed E-state index contributed by atoms with van der Waals surface area (Å²) < 4.78 is 0. The van der Waals surface area contributed by atoms with Gasteiger partial charge in [-0.3, -0.25) is 4.90 Å². The van der Waals surface area contributed by atoms with E-state index in [0.29, 0.717) is 5.41 Å². The number of likely N-dealkylation sites (tertiary alicyclic amines) is 1. The molecule has 0 aromatic heterocycles. The van der Waals surface area contributed by atoms with Gasteiger partial charge in [0.25, 0.3) is 0 Å². The van der Waals surface area contributed by atoms with E-state index in [0.717, 1.165) is 44.4 Å². The van der Waals surface area contributed by atoms with Crippen LogP contribution in [0.3, 0.4) is 0 Å². The fourth-order valence-corrected chi connectivity index (χ4v) is 4.04. The smallest absolute Gasteiger partial charge is 0.0758 e. The first-order valence-corrected chi connectivity index (χ1v) is 8.96. The summed E-state index contributed by atoms with van der Waals surface area (Å²) in [6, 6.07) is 0. The van der Waals surface area contributed by atoms with Crippen molar-refractivity contribution >= 4 is 0 Å². The van der Waals surface area contributed by atoms with Crippen molar-refractivity contribution in [1.82, 2.24) is 10.2 Å². The van der Waals surface area contributed by atoms with E-state index >= 15 is 0 Å². The maximum Gasteiger partial charge on any atom is 0.0758 e. The highest BCUT2D eigenvalue weighted by molar-refractivity contribution is 4.94. The summed E-state index contributed by atoms with van der Waals surface area (Å²) in [4.78, 5) is 2.51. The first-order valence-electron chi connectivity index (χ1n) is 8.96. The Balaban J connectivity index is 1.92. The van der Waals surface area contributed by atoms with Crippen molar-refractivity contribution in [1.29, 1.82) is 0 Å². The molecular weight excluding hydrogens is 260 g/mol. The Morgan fingerprint density at radius 2 is 1.90 bits per heavy atom. The molecule has 1 saturated heterocycles. The van der Waals surface area contributed by atoms with E-state index in [9.17, 15) is 5.11 Å². The van der Waals surface area contributed by atoms with Crippen LogP contribution < -0.4 is 5.32 Å². The average molecular weight is 296 g/mol. The Kier molecular flexibility index (Phi) is 5.72. The molecule has 1 unspecified atom stereocenters. The highest BCUT2D eigenvalue weighted by Gasteiger charge is 2.39. The lowest BCUT2D eigenvalue weighted by atomic mass is 9.70. The molecule has 1 heterocycles. The fraction of sp³-hybridized carbons (Fsp3) is 1.00. The molecule has 0 amide bonds.